The van der Waals surface area contributed by atoms with Crippen molar-refractivity contribution in [2.75, 3.05) is 54.9 Å². The van der Waals surface area contributed by atoms with Crippen LogP contribution in [0.2, 0.25) is 0 Å². The second kappa shape index (κ2) is 13.9. The number of hydrogen-bond acceptors (Lipinski definition) is 8. The molecular weight excluding hydrogens is 512 g/mol. The van der Waals surface area contributed by atoms with Gasteiger partial charge in [-0.05, 0) is 76.4 Å². The zero-order valence-corrected chi connectivity index (χ0v) is 23.6. The molecule has 0 atom stereocenters. The molecule has 4 aromatic rings. The first-order valence-corrected chi connectivity index (χ1v) is 13.4. The summed E-state index contributed by atoms with van der Waals surface area (Å²) in [5.74, 6) is 0.183. The lowest BCUT2D eigenvalue weighted by atomic mass is 10.1. The van der Waals surface area contributed by atoms with Crippen molar-refractivity contribution in [3.05, 3.63) is 59.9 Å². The molecule has 214 valence electrons. The number of benzene rings is 2. The van der Waals surface area contributed by atoms with Crippen molar-refractivity contribution in [3.8, 4) is 11.5 Å². The Kier molecular flexibility index (Phi) is 10.0. The number of likely N-dealkylation sites (N-methyl/N-ethyl adjacent to an activating group) is 2. The zero-order chi connectivity index (χ0) is 28.5. The van der Waals surface area contributed by atoms with E-state index in [1.807, 2.05) is 77.0 Å². The smallest absolute Gasteiger partial charge is 0.309 e. The van der Waals surface area contributed by atoms with E-state index in [1.165, 1.54) is 0 Å². The summed E-state index contributed by atoms with van der Waals surface area (Å²) < 4.78 is 21.9. The van der Waals surface area contributed by atoms with E-state index < -0.39 is 11.9 Å². The predicted octanol–water partition coefficient (Wildman–Crippen LogP) is 4.10. The molecule has 10 heteroatoms. The van der Waals surface area contributed by atoms with Gasteiger partial charge < -0.3 is 38.7 Å². The fraction of sp³-hybridized carbons (Fsp3) is 0.400. The molecule has 0 aliphatic rings. The summed E-state index contributed by atoms with van der Waals surface area (Å²) in [6.07, 6.45) is 5.43. The molecule has 2 aromatic heterocycles. The number of carbonyl (C=O) groups excluding carboxylic acids is 2. The number of rotatable bonds is 15. The lowest BCUT2D eigenvalue weighted by Crippen LogP contribution is -2.16. The van der Waals surface area contributed by atoms with E-state index in [9.17, 15) is 9.59 Å². The molecule has 10 nitrogen and oxygen atoms in total. The van der Waals surface area contributed by atoms with Gasteiger partial charge in [0.15, 0.2) is 0 Å². The lowest BCUT2D eigenvalue weighted by Gasteiger charge is -2.12. The van der Waals surface area contributed by atoms with E-state index in [-0.39, 0.29) is 26.4 Å². The number of aromatic nitrogens is 2. The Morgan fingerprint density at radius 2 is 1.10 bits per heavy atom. The van der Waals surface area contributed by atoms with E-state index in [0.717, 1.165) is 58.9 Å². The normalized spacial score (nSPS) is 11.4. The molecular formula is C30H38N4O6. The first-order valence-electron chi connectivity index (χ1n) is 13.4. The highest BCUT2D eigenvalue weighted by atomic mass is 16.7. The summed E-state index contributed by atoms with van der Waals surface area (Å²) in [4.78, 5) is 35.1. The van der Waals surface area contributed by atoms with Gasteiger partial charge in [-0.25, -0.2) is 0 Å². The highest BCUT2D eigenvalue weighted by molar-refractivity contribution is 5.90. The van der Waals surface area contributed by atoms with Crippen LogP contribution in [0.3, 0.4) is 0 Å². The van der Waals surface area contributed by atoms with Crippen LogP contribution in [0.5, 0.6) is 11.5 Å². The number of esters is 2. The number of aromatic amines is 2. The largest absolute Gasteiger partial charge is 0.457 e. The van der Waals surface area contributed by atoms with Crippen molar-refractivity contribution in [1.82, 2.24) is 19.8 Å². The highest BCUT2D eigenvalue weighted by Crippen LogP contribution is 2.30. The van der Waals surface area contributed by atoms with Crippen LogP contribution in [0.15, 0.2) is 48.8 Å². The monoisotopic (exact) mass is 550 g/mol. The molecule has 0 saturated carbocycles. The van der Waals surface area contributed by atoms with Crippen molar-refractivity contribution >= 4 is 33.7 Å². The van der Waals surface area contributed by atoms with Crippen LogP contribution in [-0.2, 0) is 31.9 Å². The van der Waals surface area contributed by atoms with E-state index >= 15 is 0 Å². The molecule has 0 radical (unpaired) electrons. The molecule has 40 heavy (non-hydrogen) atoms. The minimum absolute atomic E-state index is 0.118. The third-order valence-electron chi connectivity index (χ3n) is 6.56. The summed E-state index contributed by atoms with van der Waals surface area (Å²) in [5, 5.41) is 1.95. The zero-order valence-electron chi connectivity index (χ0n) is 23.6. The Bertz CT molecular complexity index is 1320. The number of hydrogen-bond donors (Lipinski definition) is 2. The lowest BCUT2D eigenvalue weighted by molar-refractivity contribution is -0.157. The summed E-state index contributed by atoms with van der Waals surface area (Å²) >= 11 is 0. The quantitative estimate of drug-likeness (QED) is 0.168. The molecule has 0 unspecified atom stereocenters. The average Bonchev–Trinajstić information content (AvgIpc) is 3.54. The van der Waals surface area contributed by atoms with Crippen LogP contribution >= 0.6 is 0 Å². The van der Waals surface area contributed by atoms with Crippen molar-refractivity contribution in [2.24, 2.45) is 0 Å². The summed E-state index contributed by atoms with van der Waals surface area (Å²) in [6.45, 7) is 1.31. The van der Waals surface area contributed by atoms with E-state index in [0.29, 0.717) is 11.5 Å². The highest BCUT2D eigenvalue weighted by Gasteiger charge is 2.14. The van der Waals surface area contributed by atoms with Crippen LogP contribution in [0.25, 0.3) is 21.8 Å². The van der Waals surface area contributed by atoms with Gasteiger partial charge in [0, 0.05) is 47.3 Å². The summed E-state index contributed by atoms with van der Waals surface area (Å²) in [6, 6.07) is 11.4. The number of nitrogens with one attached hydrogen (secondary N) is 2. The van der Waals surface area contributed by atoms with Gasteiger partial charge in [0.1, 0.15) is 11.5 Å². The molecule has 0 aliphatic heterocycles. The molecule has 2 heterocycles. The number of ether oxygens (including phenoxy) is 4. The maximum absolute atomic E-state index is 12.2. The van der Waals surface area contributed by atoms with Crippen molar-refractivity contribution in [2.45, 2.75) is 25.7 Å². The molecule has 0 fully saturated rings. The van der Waals surface area contributed by atoms with Crippen LogP contribution < -0.4 is 9.47 Å². The van der Waals surface area contributed by atoms with Gasteiger partial charge in [0.25, 0.3) is 0 Å². The summed E-state index contributed by atoms with van der Waals surface area (Å²) in [5.41, 5.74) is 4.18. The number of carbonyl (C=O) groups is 2. The molecule has 2 N–H and O–H groups in total. The van der Waals surface area contributed by atoms with Crippen molar-refractivity contribution < 1.29 is 28.5 Å². The Morgan fingerprint density at radius 1 is 0.675 bits per heavy atom. The standard InChI is InChI=1S/C30H38N4O6/c1-33(2)15-13-21-17-31-23-7-5-9-25(29(21)23)37-19-39-27(35)11-12-28(36)40-20-38-26-10-6-8-24-30(26)22(18-32-24)14-16-34(3)4/h5-10,17-18,31-32H,11-16,19-20H2,1-4H3. The second-order valence-corrected chi connectivity index (χ2v) is 10.1. The SMILES string of the molecule is CN(C)CCc1c[nH]c2cccc(OCOC(=O)CCC(=O)OCOc3cccc4[nH]cc(CCN(C)C)c34)c12. The minimum atomic E-state index is -0.547. The van der Waals surface area contributed by atoms with Crippen LogP contribution in [0.4, 0.5) is 0 Å². The van der Waals surface area contributed by atoms with Crippen LogP contribution in [-0.4, -0.2) is 86.6 Å². The van der Waals surface area contributed by atoms with E-state index in [2.05, 4.69) is 19.8 Å². The van der Waals surface area contributed by atoms with Gasteiger partial charge in [0.05, 0.1) is 12.8 Å². The molecule has 0 amide bonds. The van der Waals surface area contributed by atoms with Gasteiger partial charge in [-0.3, -0.25) is 9.59 Å². The van der Waals surface area contributed by atoms with Crippen LogP contribution in [0, 0.1) is 0 Å². The topological polar surface area (TPSA) is 109 Å². The molecule has 0 spiro atoms. The number of fused-ring (bicyclic) bond motifs is 2. The first-order chi connectivity index (χ1) is 19.3. The molecule has 0 aliphatic carbocycles. The van der Waals surface area contributed by atoms with Gasteiger partial charge in [-0.1, -0.05) is 12.1 Å². The van der Waals surface area contributed by atoms with Gasteiger partial charge in [-0.2, -0.15) is 0 Å². The van der Waals surface area contributed by atoms with Crippen molar-refractivity contribution in [3.63, 3.8) is 0 Å². The Hall–Kier alpha value is -4.02. The molecule has 0 bridgehead atoms. The minimum Gasteiger partial charge on any atom is -0.457 e. The Balaban J connectivity index is 1.20. The summed E-state index contributed by atoms with van der Waals surface area (Å²) in [7, 11) is 8.12. The first kappa shape index (κ1) is 29.0. The van der Waals surface area contributed by atoms with Gasteiger partial charge >= 0.3 is 11.9 Å². The van der Waals surface area contributed by atoms with Gasteiger partial charge in [-0.15, -0.1) is 0 Å². The van der Waals surface area contributed by atoms with E-state index in [1.54, 1.807) is 0 Å². The maximum Gasteiger partial charge on any atom is 0.309 e. The maximum atomic E-state index is 12.2. The van der Waals surface area contributed by atoms with Crippen LogP contribution in [0.1, 0.15) is 24.0 Å². The van der Waals surface area contributed by atoms with E-state index in [4.69, 9.17) is 18.9 Å². The fourth-order valence-electron chi connectivity index (χ4n) is 4.43. The molecule has 4 rings (SSSR count). The van der Waals surface area contributed by atoms with Gasteiger partial charge in [0.2, 0.25) is 13.6 Å². The molecule has 0 saturated heterocycles. The predicted molar refractivity (Wildman–Crippen MR) is 154 cm³/mol. The third-order valence-corrected chi connectivity index (χ3v) is 6.56. The average molecular weight is 551 g/mol. The third kappa shape index (κ3) is 7.77. The second-order valence-electron chi connectivity index (χ2n) is 10.1. The fourth-order valence-corrected chi connectivity index (χ4v) is 4.43. The number of H-pyrrole nitrogens is 2. The Labute approximate surface area is 234 Å². The molecule has 2 aromatic carbocycles. The Morgan fingerprint density at radius 3 is 1.50 bits per heavy atom. The number of nitrogens with zero attached hydrogens (tertiary/aromatic N) is 2. The van der Waals surface area contributed by atoms with Crippen molar-refractivity contribution in [1.29, 1.82) is 0 Å².